The number of hydrogen-bond donors (Lipinski definition) is 2. The standard InChI is InChI=1S/C27H25ClN4O3/c1-18(2)25(31-26(33)22-12-6-7-13-23(22)28)27(34)32-30-16-20-10-5-8-14-24(20)35-17-21-11-4-3-9-19(21)15-29/h3-14,16,18,25H,17H2,1-2H3,(H,31,33)(H,32,34)/b30-16+. The quantitative estimate of drug-likeness (QED) is 0.336. The van der Waals surface area contributed by atoms with Crippen LogP contribution in [0.15, 0.2) is 77.9 Å². The highest BCUT2D eigenvalue weighted by Gasteiger charge is 2.25. The number of rotatable bonds is 9. The van der Waals surface area contributed by atoms with Crippen LogP contribution in [0.3, 0.4) is 0 Å². The number of ether oxygens (including phenoxy) is 1. The Hall–Kier alpha value is -4.15. The molecule has 3 aromatic rings. The van der Waals surface area contributed by atoms with Gasteiger partial charge < -0.3 is 10.1 Å². The lowest BCUT2D eigenvalue weighted by Crippen LogP contribution is -2.48. The van der Waals surface area contributed by atoms with Crippen LogP contribution in [0, 0.1) is 17.2 Å². The Labute approximate surface area is 209 Å². The first-order valence-corrected chi connectivity index (χ1v) is 11.4. The molecule has 35 heavy (non-hydrogen) atoms. The summed E-state index contributed by atoms with van der Waals surface area (Å²) in [6, 6.07) is 22.4. The van der Waals surface area contributed by atoms with Crippen molar-refractivity contribution in [1.82, 2.24) is 10.7 Å². The number of hydrogen-bond acceptors (Lipinski definition) is 5. The molecule has 1 atom stereocenters. The van der Waals surface area contributed by atoms with Crippen LogP contribution in [0.25, 0.3) is 0 Å². The molecule has 0 fully saturated rings. The summed E-state index contributed by atoms with van der Waals surface area (Å²) in [5.41, 5.74) is 4.73. The van der Waals surface area contributed by atoms with Crippen molar-refractivity contribution in [2.75, 3.05) is 0 Å². The van der Waals surface area contributed by atoms with Crippen molar-refractivity contribution in [2.45, 2.75) is 26.5 Å². The monoisotopic (exact) mass is 488 g/mol. The van der Waals surface area contributed by atoms with Crippen molar-refractivity contribution < 1.29 is 14.3 Å². The zero-order chi connectivity index (χ0) is 25.2. The molecule has 0 saturated carbocycles. The summed E-state index contributed by atoms with van der Waals surface area (Å²) in [5.74, 6) is -0.541. The molecule has 0 radical (unpaired) electrons. The molecule has 0 aliphatic rings. The van der Waals surface area contributed by atoms with Crippen LogP contribution in [-0.2, 0) is 11.4 Å². The van der Waals surface area contributed by atoms with Gasteiger partial charge in [0, 0.05) is 11.1 Å². The molecule has 3 aromatic carbocycles. The molecular formula is C27H25ClN4O3. The second-order valence-corrected chi connectivity index (χ2v) is 8.41. The Kier molecular flexibility index (Phi) is 8.99. The van der Waals surface area contributed by atoms with E-state index in [1.165, 1.54) is 6.21 Å². The third-order valence-electron chi connectivity index (χ3n) is 5.17. The molecule has 0 saturated heterocycles. The second kappa shape index (κ2) is 12.4. The molecule has 178 valence electrons. The predicted molar refractivity (Wildman–Crippen MR) is 135 cm³/mol. The van der Waals surface area contributed by atoms with Gasteiger partial charge in [0.25, 0.3) is 11.8 Å². The Bertz CT molecular complexity index is 1270. The molecule has 3 rings (SSSR count). The number of para-hydroxylation sites is 1. The first-order valence-electron chi connectivity index (χ1n) is 11.0. The molecule has 0 bridgehead atoms. The Morgan fingerprint density at radius 1 is 1.06 bits per heavy atom. The fourth-order valence-corrected chi connectivity index (χ4v) is 3.49. The van der Waals surface area contributed by atoms with Gasteiger partial charge in [0.05, 0.1) is 28.4 Å². The summed E-state index contributed by atoms with van der Waals surface area (Å²) in [7, 11) is 0. The number of hydrazone groups is 1. The zero-order valence-electron chi connectivity index (χ0n) is 19.4. The van der Waals surface area contributed by atoms with Crippen LogP contribution in [0.1, 0.15) is 40.9 Å². The summed E-state index contributed by atoms with van der Waals surface area (Å²) >= 11 is 6.10. The van der Waals surface area contributed by atoms with Crippen molar-refractivity contribution in [3.8, 4) is 11.8 Å². The maximum Gasteiger partial charge on any atom is 0.262 e. The number of amides is 2. The van der Waals surface area contributed by atoms with E-state index in [0.717, 1.165) is 5.56 Å². The largest absolute Gasteiger partial charge is 0.488 e. The Balaban J connectivity index is 1.65. The fourth-order valence-electron chi connectivity index (χ4n) is 3.26. The number of carbonyl (C=O) groups is 2. The van der Waals surface area contributed by atoms with Crippen LogP contribution in [0.5, 0.6) is 5.75 Å². The van der Waals surface area contributed by atoms with Crippen LogP contribution in [-0.4, -0.2) is 24.1 Å². The third kappa shape index (κ3) is 6.92. The van der Waals surface area contributed by atoms with Gasteiger partial charge in [0.1, 0.15) is 18.4 Å². The van der Waals surface area contributed by atoms with Crippen molar-refractivity contribution in [3.05, 3.63) is 100 Å². The highest BCUT2D eigenvalue weighted by molar-refractivity contribution is 6.33. The molecule has 7 nitrogen and oxygen atoms in total. The van der Waals surface area contributed by atoms with Gasteiger partial charge in [-0.1, -0.05) is 67.9 Å². The van der Waals surface area contributed by atoms with E-state index in [0.29, 0.717) is 27.5 Å². The number of nitrogens with zero attached hydrogens (tertiary/aromatic N) is 2. The van der Waals surface area contributed by atoms with E-state index >= 15 is 0 Å². The summed E-state index contributed by atoms with van der Waals surface area (Å²) in [6.07, 6.45) is 1.47. The van der Waals surface area contributed by atoms with E-state index in [1.807, 2.05) is 38.1 Å². The van der Waals surface area contributed by atoms with Crippen LogP contribution >= 0.6 is 11.6 Å². The Morgan fingerprint density at radius 3 is 2.49 bits per heavy atom. The maximum absolute atomic E-state index is 12.8. The van der Waals surface area contributed by atoms with Crippen molar-refractivity contribution in [3.63, 3.8) is 0 Å². The van der Waals surface area contributed by atoms with E-state index < -0.39 is 17.9 Å². The number of nitriles is 1. The molecule has 0 spiro atoms. The topological polar surface area (TPSA) is 104 Å². The number of benzene rings is 3. The van der Waals surface area contributed by atoms with E-state index in [-0.39, 0.29) is 12.5 Å². The third-order valence-corrected chi connectivity index (χ3v) is 5.50. The van der Waals surface area contributed by atoms with E-state index in [9.17, 15) is 14.9 Å². The summed E-state index contributed by atoms with van der Waals surface area (Å²) in [6.45, 7) is 3.86. The lowest BCUT2D eigenvalue weighted by atomic mass is 10.0. The predicted octanol–water partition coefficient (Wildman–Crippen LogP) is 4.70. The van der Waals surface area contributed by atoms with Gasteiger partial charge in [-0.25, -0.2) is 5.43 Å². The molecule has 1 unspecified atom stereocenters. The van der Waals surface area contributed by atoms with Gasteiger partial charge in [-0.2, -0.15) is 10.4 Å². The molecule has 0 aliphatic heterocycles. The minimum absolute atomic E-state index is 0.188. The van der Waals surface area contributed by atoms with Crippen LogP contribution in [0.2, 0.25) is 5.02 Å². The Morgan fingerprint density at radius 2 is 1.74 bits per heavy atom. The first-order chi connectivity index (χ1) is 16.9. The smallest absolute Gasteiger partial charge is 0.262 e. The minimum atomic E-state index is -0.815. The van der Waals surface area contributed by atoms with Crippen LogP contribution < -0.4 is 15.5 Å². The van der Waals surface area contributed by atoms with Gasteiger partial charge in [-0.05, 0) is 36.2 Å². The summed E-state index contributed by atoms with van der Waals surface area (Å²) in [5, 5.41) is 16.3. The average molecular weight is 489 g/mol. The second-order valence-electron chi connectivity index (χ2n) is 8.00. The molecule has 8 heteroatoms. The molecule has 2 N–H and O–H groups in total. The van der Waals surface area contributed by atoms with Gasteiger partial charge in [-0.15, -0.1) is 0 Å². The average Bonchev–Trinajstić information content (AvgIpc) is 2.86. The normalized spacial score (nSPS) is 11.6. The fraction of sp³-hybridized carbons (Fsp3) is 0.185. The van der Waals surface area contributed by atoms with E-state index in [4.69, 9.17) is 16.3 Å². The SMILES string of the molecule is CC(C)C(NC(=O)c1ccccc1Cl)C(=O)N/N=C/c1ccccc1OCc1ccccc1C#N. The van der Waals surface area contributed by atoms with E-state index in [1.54, 1.807) is 48.5 Å². The van der Waals surface area contributed by atoms with Gasteiger partial charge in [0.15, 0.2) is 0 Å². The number of carbonyl (C=O) groups excluding carboxylic acids is 2. The highest BCUT2D eigenvalue weighted by atomic mass is 35.5. The van der Waals surface area contributed by atoms with Crippen LogP contribution in [0.4, 0.5) is 0 Å². The molecule has 0 aromatic heterocycles. The lowest BCUT2D eigenvalue weighted by molar-refractivity contribution is -0.123. The van der Waals surface area contributed by atoms with Gasteiger partial charge in [0.2, 0.25) is 0 Å². The van der Waals surface area contributed by atoms with Crippen molar-refractivity contribution in [1.29, 1.82) is 5.26 Å². The maximum atomic E-state index is 12.8. The van der Waals surface area contributed by atoms with Gasteiger partial charge >= 0.3 is 0 Å². The summed E-state index contributed by atoms with van der Waals surface area (Å²) < 4.78 is 5.90. The number of nitrogens with one attached hydrogen (secondary N) is 2. The molecule has 2 amide bonds. The lowest BCUT2D eigenvalue weighted by Gasteiger charge is -2.20. The zero-order valence-corrected chi connectivity index (χ0v) is 20.1. The number of halogens is 1. The van der Waals surface area contributed by atoms with Gasteiger partial charge in [-0.3, -0.25) is 9.59 Å². The molecule has 0 heterocycles. The highest BCUT2D eigenvalue weighted by Crippen LogP contribution is 2.19. The van der Waals surface area contributed by atoms with Crippen molar-refractivity contribution >= 4 is 29.6 Å². The molecular weight excluding hydrogens is 464 g/mol. The van der Waals surface area contributed by atoms with Crippen molar-refractivity contribution in [2.24, 2.45) is 11.0 Å². The molecule has 0 aliphatic carbocycles. The first kappa shape index (κ1) is 25.5. The van der Waals surface area contributed by atoms with E-state index in [2.05, 4.69) is 21.9 Å². The minimum Gasteiger partial charge on any atom is -0.488 e. The summed E-state index contributed by atoms with van der Waals surface area (Å²) in [4.78, 5) is 25.4.